The van der Waals surface area contributed by atoms with E-state index in [1.165, 1.54) is 0 Å². The third-order valence-corrected chi connectivity index (χ3v) is 5.95. The Balaban J connectivity index is 1.73. The molecule has 0 aliphatic carbocycles. The van der Waals surface area contributed by atoms with Crippen LogP contribution < -0.4 is 9.64 Å². The summed E-state index contributed by atoms with van der Waals surface area (Å²) in [6.07, 6.45) is -3.21. The van der Waals surface area contributed by atoms with Crippen LogP contribution in [0.15, 0.2) is 16.6 Å². The van der Waals surface area contributed by atoms with Gasteiger partial charge in [0.2, 0.25) is 5.75 Å². The fraction of sp³-hybridized carbons (Fsp3) is 0.647. The minimum atomic E-state index is -5.00. The van der Waals surface area contributed by atoms with Crippen LogP contribution in [0.3, 0.4) is 0 Å². The SMILES string of the molecule is CN1CCN(C2CCN(c3cc(OC(F)(F)F)c([N+](=O)[O-])cc3Br)CC2)CC1. The van der Waals surface area contributed by atoms with Gasteiger partial charge in [0.1, 0.15) is 0 Å². The van der Waals surface area contributed by atoms with Gasteiger partial charge < -0.3 is 14.5 Å². The Bertz CT molecular complexity index is 718. The zero-order chi connectivity index (χ0) is 20.5. The highest BCUT2D eigenvalue weighted by atomic mass is 79.9. The summed E-state index contributed by atoms with van der Waals surface area (Å²) in [6.45, 7) is 5.44. The first-order valence-electron chi connectivity index (χ1n) is 9.05. The molecule has 7 nitrogen and oxygen atoms in total. The van der Waals surface area contributed by atoms with Crippen molar-refractivity contribution in [1.82, 2.24) is 9.80 Å². The van der Waals surface area contributed by atoms with E-state index in [1.807, 2.05) is 4.90 Å². The maximum absolute atomic E-state index is 12.7. The molecule has 0 N–H and O–H groups in total. The van der Waals surface area contributed by atoms with Crippen LogP contribution in [0.25, 0.3) is 0 Å². The zero-order valence-corrected chi connectivity index (χ0v) is 17.0. The largest absolute Gasteiger partial charge is 0.573 e. The van der Waals surface area contributed by atoms with E-state index >= 15 is 0 Å². The van der Waals surface area contributed by atoms with E-state index in [1.54, 1.807) is 0 Å². The fourth-order valence-electron chi connectivity index (χ4n) is 3.78. The molecule has 156 valence electrons. The lowest BCUT2D eigenvalue weighted by Gasteiger charge is -2.42. The highest BCUT2D eigenvalue weighted by Crippen LogP contribution is 2.41. The fourth-order valence-corrected chi connectivity index (χ4v) is 4.36. The molecular formula is C17H22BrF3N4O3. The molecule has 2 saturated heterocycles. The highest BCUT2D eigenvalue weighted by molar-refractivity contribution is 9.10. The van der Waals surface area contributed by atoms with Crippen molar-refractivity contribution in [3.63, 3.8) is 0 Å². The molecule has 2 aliphatic heterocycles. The number of hydrogen-bond acceptors (Lipinski definition) is 6. The number of piperidine rings is 1. The van der Waals surface area contributed by atoms with Crippen LogP contribution in [-0.2, 0) is 0 Å². The van der Waals surface area contributed by atoms with Crippen LogP contribution in [0.4, 0.5) is 24.5 Å². The lowest BCUT2D eigenvalue weighted by molar-refractivity contribution is -0.388. The van der Waals surface area contributed by atoms with Gasteiger partial charge in [0.15, 0.2) is 0 Å². The number of rotatable bonds is 4. The maximum atomic E-state index is 12.7. The van der Waals surface area contributed by atoms with Gasteiger partial charge in [-0.2, -0.15) is 0 Å². The molecule has 2 heterocycles. The maximum Gasteiger partial charge on any atom is 0.573 e. The van der Waals surface area contributed by atoms with Gasteiger partial charge in [-0.1, -0.05) is 0 Å². The number of alkyl halides is 3. The predicted molar refractivity (Wildman–Crippen MR) is 102 cm³/mol. The molecule has 1 aromatic carbocycles. The summed E-state index contributed by atoms with van der Waals surface area (Å²) in [5.41, 5.74) is -0.248. The van der Waals surface area contributed by atoms with Crippen LogP contribution in [-0.4, -0.2) is 73.4 Å². The Morgan fingerprint density at radius 1 is 1.14 bits per heavy atom. The Kier molecular flexibility index (Phi) is 6.35. The first-order valence-corrected chi connectivity index (χ1v) is 9.84. The molecule has 0 bridgehead atoms. The van der Waals surface area contributed by atoms with Crippen molar-refractivity contribution in [3.05, 3.63) is 26.7 Å². The number of benzene rings is 1. The van der Waals surface area contributed by atoms with Crippen LogP contribution in [0.1, 0.15) is 12.8 Å². The smallest absolute Gasteiger partial charge is 0.398 e. The molecule has 0 aromatic heterocycles. The summed E-state index contributed by atoms with van der Waals surface area (Å²) in [7, 11) is 2.10. The topological polar surface area (TPSA) is 62.1 Å². The number of nitro groups is 1. The van der Waals surface area contributed by atoms with Gasteiger partial charge >= 0.3 is 12.0 Å². The van der Waals surface area contributed by atoms with Gasteiger partial charge in [-0.25, -0.2) is 0 Å². The van der Waals surface area contributed by atoms with E-state index in [0.717, 1.165) is 51.2 Å². The molecule has 28 heavy (non-hydrogen) atoms. The number of hydrogen-bond donors (Lipinski definition) is 0. The van der Waals surface area contributed by atoms with E-state index < -0.39 is 22.7 Å². The molecule has 0 saturated carbocycles. The third-order valence-electron chi connectivity index (χ3n) is 5.31. The molecule has 0 amide bonds. The normalized spacial score (nSPS) is 20.4. The molecule has 1 aromatic rings. The minimum Gasteiger partial charge on any atom is -0.398 e. The highest BCUT2D eigenvalue weighted by Gasteiger charge is 2.36. The van der Waals surface area contributed by atoms with E-state index in [2.05, 4.69) is 37.5 Å². The minimum absolute atomic E-state index is 0.381. The van der Waals surface area contributed by atoms with Crippen molar-refractivity contribution in [2.45, 2.75) is 25.2 Å². The summed E-state index contributed by atoms with van der Waals surface area (Å²) in [6, 6.07) is 2.63. The van der Waals surface area contributed by atoms with E-state index in [4.69, 9.17) is 0 Å². The molecule has 0 spiro atoms. The number of nitro benzene ring substituents is 1. The average Bonchev–Trinajstić information content (AvgIpc) is 2.62. The first kappa shape index (κ1) is 21.1. The molecule has 0 unspecified atom stereocenters. The number of piperazine rings is 1. The van der Waals surface area contributed by atoms with Crippen molar-refractivity contribution in [2.75, 3.05) is 51.2 Å². The van der Waals surface area contributed by atoms with Crippen molar-refractivity contribution in [1.29, 1.82) is 0 Å². The predicted octanol–water partition coefficient (Wildman–Crippen LogP) is 3.47. The zero-order valence-electron chi connectivity index (χ0n) is 15.4. The van der Waals surface area contributed by atoms with Crippen molar-refractivity contribution < 1.29 is 22.8 Å². The molecular weight excluding hydrogens is 445 g/mol. The molecule has 0 radical (unpaired) electrons. The quantitative estimate of drug-likeness (QED) is 0.500. The van der Waals surface area contributed by atoms with Gasteiger partial charge in [0, 0.05) is 61.9 Å². The Morgan fingerprint density at radius 3 is 2.29 bits per heavy atom. The molecule has 11 heteroatoms. The summed E-state index contributed by atoms with van der Waals surface area (Å²) >= 11 is 3.26. The van der Waals surface area contributed by atoms with Gasteiger partial charge in [0.25, 0.3) is 0 Å². The first-order chi connectivity index (χ1) is 13.1. The Morgan fingerprint density at radius 2 is 1.75 bits per heavy atom. The second-order valence-corrected chi connectivity index (χ2v) is 7.99. The van der Waals surface area contributed by atoms with Crippen molar-refractivity contribution in [3.8, 4) is 5.75 Å². The summed E-state index contributed by atoms with van der Waals surface area (Å²) in [5, 5.41) is 11.1. The molecule has 0 atom stereocenters. The van der Waals surface area contributed by atoms with Crippen LogP contribution >= 0.6 is 15.9 Å². The Hall–Kier alpha value is -1.59. The number of likely N-dealkylation sites (N-methyl/N-ethyl adjacent to an activating group) is 1. The van der Waals surface area contributed by atoms with Gasteiger partial charge in [0.05, 0.1) is 10.6 Å². The number of ether oxygens (including phenoxy) is 1. The monoisotopic (exact) mass is 466 g/mol. The van der Waals surface area contributed by atoms with Crippen molar-refractivity contribution >= 4 is 27.3 Å². The van der Waals surface area contributed by atoms with Crippen molar-refractivity contribution in [2.24, 2.45) is 0 Å². The third kappa shape index (κ3) is 5.06. The van der Waals surface area contributed by atoms with Gasteiger partial charge in [-0.05, 0) is 35.8 Å². The Labute approximate surface area is 169 Å². The number of halogens is 4. The standard InChI is InChI=1S/C17H22BrF3N4O3/c1-22-6-8-23(9-7-22)12-2-4-24(5-3-12)14-11-16(28-17(19,20)21)15(25(26)27)10-13(14)18/h10-12H,2-9H2,1H3. The lowest BCUT2D eigenvalue weighted by Crippen LogP contribution is -2.52. The second-order valence-electron chi connectivity index (χ2n) is 7.13. The second kappa shape index (κ2) is 8.42. The average molecular weight is 467 g/mol. The lowest BCUT2D eigenvalue weighted by atomic mass is 10.0. The van der Waals surface area contributed by atoms with E-state index in [0.29, 0.717) is 29.3 Å². The van der Waals surface area contributed by atoms with E-state index in [-0.39, 0.29) is 0 Å². The van der Waals surface area contributed by atoms with Gasteiger partial charge in [-0.3, -0.25) is 15.0 Å². The van der Waals surface area contributed by atoms with E-state index in [9.17, 15) is 23.3 Å². The van der Waals surface area contributed by atoms with Gasteiger partial charge in [-0.15, -0.1) is 13.2 Å². The summed E-state index contributed by atoms with van der Waals surface area (Å²) < 4.78 is 42.3. The molecule has 3 rings (SSSR count). The number of anilines is 1. The van der Waals surface area contributed by atoms with Crippen LogP contribution in [0.2, 0.25) is 0 Å². The molecule has 2 fully saturated rings. The summed E-state index contributed by atoms with van der Waals surface area (Å²) in [5.74, 6) is -0.795. The molecule has 2 aliphatic rings. The van der Waals surface area contributed by atoms with Crippen LogP contribution in [0.5, 0.6) is 5.75 Å². The number of nitrogens with zero attached hydrogens (tertiary/aromatic N) is 4. The summed E-state index contributed by atoms with van der Waals surface area (Å²) in [4.78, 5) is 16.9. The van der Waals surface area contributed by atoms with Crippen LogP contribution in [0, 0.1) is 10.1 Å².